The van der Waals surface area contributed by atoms with Gasteiger partial charge < -0.3 is 10.2 Å². The van der Waals surface area contributed by atoms with E-state index in [2.05, 4.69) is 15.6 Å². The highest BCUT2D eigenvalue weighted by molar-refractivity contribution is 5.92. The van der Waals surface area contributed by atoms with Crippen molar-refractivity contribution < 1.29 is 4.79 Å². The van der Waals surface area contributed by atoms with Gasteiger partial charge in [-0.05, 0) is 68.0 Å². The van der Waals surface area contributed by atoms with Crippen molar-refractivity contribution in [3.63, 3.8) is 0 Å². The van der Waals surface area contributed by atoms with E-state index < -0.39 is 0 Å². The minimum atomic E-state index is -0.0957. The van der Waals surface area contributed by atoms with E-state index in [4.69, 9.17) is 0 Å². The average molecular weight is 406 g/mol. The molecule has 1 fully saturated rings. The molecule has 1 heterocycles. The molecule has 0 aliphatic heterocycles. The lowest BCUT2D eigenvalue weighted by molar-refractivity contribution is -0.121. The van der Waals surface area contributed by atoms with E-state index in [1.807, 2.05) is 55.4 Å². The van der Waals surface area contributed by atoms with Gasteiger partial charge in [-0.2, -0.15) is 0 Å². The molecule has 1 N–H and O–H groups in total. The lowest BCUT2D eigenvalue weighted by atomic mass is 9.81. The number of aromatic nitrogens is 3. The van der Waals surface area contributed by atoms with E-state index in [0.717, 1.165) is 37.1 Å². The summed E-state index contributed by atoms with van der Waals surface area (Å²) in [7, 11) is 3.98. The van der Waals surface area contributed by atoms with Crippen LogP contribution in [0.3, 0.4) is 0 Å². The molecule has 7 heteroatoms. The van der Waals surface area contributed by atoms with E-state index in [9.17, 15) is 9.59 Å². The van der Waals surface area contributed by atoms with E-state index in [0.29, 0.717) is 23.4 Å². The van der Waals surface area contributed by atoms with Gasteiger partial charge in [-0.25, -0.2) is 4.68 Å². The van der Waals surface area contributed by atoms with Gasteiger partial charge in [-0.1, -0.05) is 17.3 Å². The highest BCUT2D eigenvalue weighted by atomic mass is 16.2. The van der Waals surface area contributed by atoms with Crippen LogP contribution in [0.1, 0.15) is 25.7 Å². The Morgan fingerprint density at radius 3 is 2.47 bits per heavy atom. The average Bonchev–Trinajstić information content (AvgIpc) is 2.77. The predicted octanol–water partition coefficient (Wildman–Crippen LogP) is 3.30. The molecule has 1 amide bonds. The monoisotopic (exact) mass is 405 g/mol. The Hall–Kier alpha value is -3.22. The summed E-state index contributed by atoms with van der Waals surface area (Å²) in [4.78, 5) is 27.3. The van der Waals surface area contributed by atoms with Crippen LogP contribution in [0.15, 0.2) is 53.3 Å². The van der Waals surface area contributed by atoms with Gasteiger partial charge in [0.1, 0.15) is 5.52 Å². The number of hydrogen-bond donors (Lipinski definition) is 1. The molecule has 2 aromatic carbocycles. The number of rotatable bonds is 5. The Morgan fingerprint density at radius 1 is 1.07 bits per heavy atom. The summed E-state index contributed by atoms with van der Waals surface area (Å²) in [5.74, 6) is 0.421. The van der Waals surface area contributed by atoms with Crippen LogP contribution in [0.25, 0.3) is 10.9 Å². The molecule has 0 atom stereocenters. The second-order valence-electron chi connectivity index (χ2n) is 8.24. The maximum Gasteiger partial charge on any atom is 0.277 e. The SMILES string of the molecule is CN(C)c1ccc(NC(=O)C2CCC(Cn3nnc4ccccc4c3=O)CC2)cc1. The number of nitrogens with zero attached hydrogens (tertiary/aromatic N) is 4. The lowest BCUT2D eigenvalue weighted by Gasteiger charge is -2.27. The van der Waals surface area contributed by atoms with Crippen LogP contribution in [0.2, 0.25) is 0 Å². The van der Waals surface area contributed by atoms with Gasteiger partial charge in [0.25, 0.3) is 5.56 Å². The van der Waals surface area contributed by atoms with E-state index in [-0.39, 0.29) is 17.4 Å². The van der Waals surface area contributed by atoms with Gasteiger partial charge in [-0.15, -0.1) is 5.10 Å². The van der Waals surface area contributed by atoms with Crippen LogP contribution in [0.4, 0.5) is 11.4 Å². The van der Waals surface area contributed by atoms with Crippen LogP contribution >= 0.6 is 0 Å². The smallest absolute Gasteiger partial charge is 0.277 e. The van der Waals surface area contributed by atoms with Crippen molar-refractivity contribution in [1.29, 1.82) is 0 Å². The Kier molecular flexibility index (Phi) is 5.79. The van der Waals surface area contributed by atoms with Crippen LogP contribution in [-0.2, 0) is 11.3 Å². The largest absolute Gasteiger partial charge is 0.378 e. The molecule has 1 aliphatic carbocycles. The van der Waals surface area contributed by atoms with Gasteiger partial charge in [0.05, 0.1) is 5.39 Å². The van der Waals surface area contributed by atoms with Gasteiger partial charge >= 0.3 is 0 Å². The van der Waals surface area contributed by atoms with Gasteiger partial charge in [0.15, 0.2) is 0 Å². The molecular formula is C23H27N5O2. The Labute approximate surface area is 175 Å². The van der Waals surface area contributed by atoms with Crippen LogP contribution in [0.5, 0.6) is 0 Å². The van der Waals surface area contributed by atoms with Crippen LogP contribution < -0.4 is 15.8 Å². The minimum absolute atomic E-state index is 0.00850. The minimum Gasteiger partial charge on any atom is -0.378 e. The maximum atomic E-state index is 12.7. The third-order valence-electron chi connectivity index (χ3n) is 5.93. The second kappa shape index (κ2) is 8.65. The van der Waals surface area contributed by atoms with Crippen molar-refractivity contribution in [2.24, 2.45) is 11.8 Å². The summed E-state index contributed by atoms with van der Waals surface area (Å²) in [6, 6.07) is 15.1. The number of nitrogens with one attached hydrogen (secondary N) is 1. The fourth-order valence-corrected chi connectivity index (χ4v) is 4.08. The predicted molar refractivity (Wildman–Crippen MR) is 119 cm³/mol. The van der Waals surface area contributed by atoms with E-state index in [1.54, 1.807) is 12.1 Å². The fourth-order valence-electron chi connectivity index (χ4n) is 4.08. The Balaban J connectivity index is 1.33. The normalized spacial score (nSPS) is 18.9. The van der Waals surface area contributed by atoms with Crippen LogP contribution in [0, 0.1) is 11.8 Å². The number of anilines is 2. The molecule has 1 aromatic heterocycles. The first-order valence-electron chi connectivity index (χ1n) is 10.4. The molecule has 0 bridgehead atoms. The molecular weight excluding hydrogens is 378 g/mol. The first kappa shape index (κ1) is 20.1. The third-order valence-corrected chi connectivity index (χ3v) is 5.93. The Bertz CT molecular complexity index is 1080. The highest BCUT2D eigenvalue weighted by Crippen LogP contribution is 2.30. The number of benzene rings is 2. The van der Waals surface area contributed by atoms with Crippen molar-refractivity contribution in [3.05, 3.63) is 58.9 Å². The topological polar surface area (TPSA) is 80.1 Å². The lowest BCUT2D eigenvalue weighted by Crippen LogP contribution is -2.32. The molecule has 0 spiro atoms. The number of carbonyl (C=O) groups is 1. The van der Waals surface area contributed by atoms with E-state index >= 15 is 0 Å². The zero-order valence-electron chi connectivity index (χ0n) is 17.4. The molecule has 1 saturated carbocycles. The standard InChI is InChI=1S/C23H27N5O2/c1-27(2)19-13-11-18(12-14-19)24-22(29)17-9-7-16(8-10-17)15-28-23(30)20-5-3-4-6-21(20)25-26-28/h3-6,11-14,16-17H,7-10,15H2,1-2H3,(H,24,29). The quantitative estimate of drug-likeness (QED) is 0.704. The van der Waals surface area contributed by atoms with Crippen molar-refractivity contribution in [2.75, 3.05) is 24.3 Å². The summed E-state index contributed by atoms with van der Waals surface area (Å²) in [6.45, 7) is 0.553. The molecule has 0 radical (unpaired) electrons. The summed E-state index contributed by atoms with van der Waals surface area (Å²) in [5.41, 5.74) is 2.45. The van der Waals surface area contributed by atoms with Gasteiger partial charge in [0, 0.05) is 37.9 Å². The Morgan fingerprint density at radius 2 is 1.77 bits per heavy atom. The zero-order valence-corrected chi connectivity index (χ0v) is 17.4. The van der Waals surface area contributed by atoms with Crippen molar-refractivity contribution in [3.8, 4) is 0 Å². The third kappa shape index (κ3) is 4.35. The van der Waals surface area contributed by atoms with E-state index in [1.165, 1.54) is 4.68 Å². The second-order valence-corrected chi connectivity index (χ2v) is 8.24. The summed E-state index contributed by atoms with van der Waals surface area (Å²) >= 11 is 0. The molecule has 156 valence electrons. The van der Waals surface area contributed by atoms with Crippen molar-refractivity contribution in [1.82, 2.24) is 15.0 Å². The van der Waals surface area contributed by atoms with Crippen LogP contribution in [-0.4, -0.2) is 35.0 Å². The molecule has 3 aromatic rings. The number of amides is 1. The first-order chi connectivity index (χ1) is 14.5. The number of fused-ring (bicyclic) bond motifs is 1. The molecule has 0 unspecified atom stereocenters. The fraction of sp³-hybridized carbons (Fsp3) is 0.391. The molecule has 4 rings (SSSR count). The molecule has 30 heavy (non-hydrogen) atoms. The highest BCUT2D eigenvalue weighted by Gasteiger charge is 2.27. The summed E-state index contributed by atoms with van der Waals surface area (Å²) < 4.78 is 1.47. The first-order valence-corrected chi connectivity index (χ1v) is 10.4. The zero-order chi connectivity index (χ0) is 21.1. The maximum absolute atomic E-state index is 12.7. The van der Waals surface area contributed by atoms with Crippen molar-refractivity contribution >= 4 is 28.2 Å². The number of carbonyl (C=O) groups excluding carboxylic acids is 1. The molecule has 0 saturated heterocycles. The molecule has 7 nitrogen and oxygen atoms in total. The van der Waals surface area contributed by atoms with Gasteiger partial charge in [0.2, 0.25) is 5.91 Å². The molecule has 1 aliphatic rings. The number of hydrogen-bond acceptors (Lipinski definition) is 5. The summed E-state index contributed by atoms with van der Waals surface area (Å²) in [5, 5.41) is 11.9. The van der Waals surface area contributed by atoms with Gasteiger partial charge in [-0.3, -0.25) is 9.59 Å². The van der Waals surface area contributed by atoms with Crippen molar-refractivity contribution in [2.45, 2.75) is 32.2 Å². The summed E-state index contributed by atoms with van der Waals surface area (Å²) in [6.07, 6.45) is 3.45.